The fraction of sp³-hybridized carbons (Fsp3) is 0.164. The zero-order valence-corrected chi connectivity index (χ0v) is 33.1. The highest BCUT2D eigenvalue weighted by Crippen LogP contribution is 2.61. The summed E-state index contributed by atoms with van der Waals surface area (Å²) >= 11 is 0. The second-order valence-electron chi connectivity index (χ2n) is 17.9. The summed E-state index contributed by atoms with van der Waals surface area (Å²) in [7, 11) is 0. The van der Waals surface area contributed by atoms with Crippen molar-refractivity contribution in [2.75, 3.05) is 0 Å². The molecule has 0 bridgehead atoms. The first-order chi connectivity index (χ1) is 27.4. The van der Waals surface area contributed by atoms with Gasteiger partial charge in [-0.2, -0.15) is 10.5 Å². The molecule has 0 atom stereocenters. The molecule has 57 heavy (non-hydrogen) atoms. The minimum Gasteiger partial charge on any atom is -0.192 e. The smallest absolute Gasteiger partial charge is 0.0991 e. The zero-order chi connectivity index (χ0) is 39.2. The van der Waals surface area contributed by atoms with Crippen LogP contribution in [0, 0.1) is 22.7 Å². The van der Waals surface area contributed by atoms with Crippen molar-refractivity contribution in [3.63, 3.8) is 0 Å². The van der Waals surface area contributed by atoms with E-state index in [2.05, 4.69) is 163 Å². The summed E-state index contributed by atoms with van der Waals surface area (Å²) in [6.07, 6.45) is 0. The van der Waals surface area contributed by atoms with Gasteiger partial charge in [-0.05, 0) is 171 Å². The van der Waals surface area contributed by atoms with E-state index in [-0.39, 0.29) is 16.2 Å². The van der Waals surface area contributed by atoms with Crippen molar-refractivity contribution in [3.05, 3.63) is 178 Å². The average molecular weight is 729 g/mol. The predicted molar refractivity (Wildman–Crippen MR) is 234 cm³/mol. The van der Waals surface area contributed by atoms with Gasteiger partial charge in [-0.3, -0.25) is 0 Å². The van der Waals surface area contributed by atoms with E-state index in [0.717, 1.165) is 11.1 Å². The lowest BCUT2D eigenvalue weighted by Gasteiger charge is -2.25. The number of fused-ring (bicyclic) bond motifs is 13. The van der Waals surface area contributed by atoms with E-state index in [1.165, 1.54) is 99.4 Å². The third kappa shape index (κ3) is 4.34. The lowest BCUT2D eigenvalue weighted by molar-refractivity contribution is 0.649. The summed E-state index contributed by atoms with van der Waals surface area (Å²) in [4.78, 5) is 0. The van der Waals surface area contributed by atoms with Crippen LogP contribution in [-0.4, -0.2) is 0 Å². The summed E-state index contributed by atoms with van der Waals surface area (Å²) in [5.41, 5.74) is 21.7. The molecule has 0 unspecified atom stereocenters. The van der Waals surface area contributed by atoms with Crippen molar-refractivity contribution in [2.45, 2.75) is 57.8 Å². The molecule has 0 heterocycles. The van der Waals surface area contributed by atoms with Crippen LogP contribution in [-0.2, 0) is 16.2 Å². The molecule has 8 aromatic carbocycles. The van der Waals surface area contributed by atoms with Gasteiger partial charge in [0.05, 0.1) is 23.3 Å². The molecule has 0 amide bonds. The van der Waals surface area contributed by atoms with Crippen molar-refractivity contribution in [2.24, 2.45) is 0 Å². The summed E-state index contributed by atoms with van der Waals surface area (Å²) in [5, 5.41) is 24.0. The summed E-state index contributed by atoms with van der Waals surface area (Å²) in [5.74, 6) is 0. The predicted octanol–water partition coefficient (Wildman–Crippen LogP) is 14.0. The Morgan fingerprint density at radius 2 is 0.632 bits per heavy atom. The fourth-order valence-electron chi connectivity index (χ4n) is 10.8. The molecule has 270 valence electrons. The maximum atomic E-state index is 9.49. The van der Waals surface area contributed by atoms with Crippen molar-refractivity contribution >= 4 is 21.5 Å². The molecule has 0 radical (unpaired) electrons. The van der Waals surface area contributed by atoms with Crippen molar-refractivity contribution in [3.8, 4) is 67.8 Å². The third-order valence-corrected chi connectivity index (χ3v) is 13.9. The Hall–Kier alpha value is -6.74. The second kappa shape index (κ2) is 11.2. The number of rotatable bonds is 2. The molecule has 2 heteroatoms. The van der Waals surface area contributed by atoms with E-state index >= 15 is 0 Å². The Morgan fingerprint density at radius 3 is 1.00 bits per heavy atom. The zero-order valence-electron chi connectivity index (χ0n) is 33.1. The van der Waals surface area contributed by atoms with Gasteiger partial charge in [0.1, 0.15) is 0 Å². The molecule has 0 aliphatic heterocycles. The van der Waals surface area contributed by atoms with Crippen LogP contribution in [0.5, 0.6) is 0 Å². The Labute approximate surface area is 334 Å². The Balaban J connectivity index is 1.11. The maximum Gasteiger partial charge on any atom is 0.0991 e. The molecule has 0 spiro atoms. The van der Waals surface area contributed by atoms with Gasteiger partial charge >= 0.3 is 0 Å². The van der Waals surface area contributed by atoms with Gasteiger partial charge in [0.2, 0.25) is 0 Å². The standard InChI is InChI=1S/C55H40N2/c1-53(2)45-27-43-47(54(3,4)49-23-39(33-19-15-31(29-56)16-20-33)35-11-7-9-13-37(35)51(43)49)25-41(45)42-26-48-44(28-46(42)53)52-38-14-10-8-12-36(38)40(24-50(52)55(48,5)6)34-21-17-32(30-57)18-22-34/h7-28H,1-6H3. The van der Waals surface area contributed by atoms with E-state index in [9.17, 15) is 10.5 Å². The molecule has 0 N–H and O–H groups in total. The highest BCUT2D eigenvalue weighted by Gasteiger charge is 2.45. The van der Waals surface area contributed by atoms with Gasteiger partial charge in [0.25, 0.3) is 0 Å². The van der Waals surface area contributed by atoms with Crippen LogP contribution in [0.15, 0.2) is 133 Å². The first kappa shape index (κ1) is 33.6. The van der Waals surface area contributed by atoms with Crippen LogP contribution in [0.2, 0.25) is 0 Å². The normalized spacial score (nSPS) is 15.6. The van der Waals surface area contributed by atoms with Gasteiger partial charge in [-0.25, -0.2) is 0 Å². The van der Waals surface area contributed by atoms with Gasteiger partial charge in [-0.1, -0.05) is 114 Å². The van der Waals surface area contributed by atoms with Crippen molar-refractivity contribution in [1.29, 1.82) is 10.5 Å². The number of nitrogens with zero attached hydrogens (tertiary/aromatic N) is 2. The molecule has 2 nitrogen and oxygen atoms in total. The van der Waals surface area contributed by atoms with Crippen molar-refractivity contribution < 1.29 is 0 Å². The third-order valence-electron chi connectivity index (χ3n) is 13.9. The lowest BCUT2D eigenvalue weighted by Crippen LogP contribution is -2.17. The quantitative estimate of drug-likeness (QED) is 0.178. The Bertz CT molecular complexity index is 2980. The van der Waals surface area contributed by atoms with Crippen LogP contribution in [0.4, 0.5) is 0 Å². The minimum absolute atomic E-state index is 0.203. The van der Waals surface area contributed by atoms with E-state index in [1.807, 2.05) is 24.3 Å². The summed E-state index contributed by atoms with van der Waals surface area (Å²) < 4.78 is 0. The molecule has 0 saturated carbocycles. The monoisotopic (exact) mass is 728 g/mol. The summed E-state index contributed by atoms with van der Waals surface area (Å²) in [6.45, 7) is 14.4. The first-order valence-electron chi connectivity index (χ1n) is 20.0. The van der Waals surface area contributed by atoms with Crippen LogP contribution >= 0.6 is 0 Å². The van der Waals surface area contributed by atoms with E-state index in [0.29, 0.717) is 11.1 Å². The van der Waals surface area contributed by atoms with Gasteiger partial charge < -0.3 is 0 Å². The minimum atomic E-state index is -0.217. The van der Waals surface area contributed by atoms with Crippen LogP contribution < -0.4 is 0 Å². The average Bonchev–Trinajstić information content (AvgIpc) is 3.70. The largest absolute Gasteiger partial charge is 0.192 e. The molecule has 0 saturated heterocycles. The van der Waals surface area contributed by atoms with Gasteiger partial charge in [-0.15, -0.1) is 0 Å². The number of hydrogen-bond acceptors (Lipinski definition) is 2. The van der Waals surface area contributed by atoms with E-state index in [4.69, 9.17) is 0 Å². The number of hydrogen-bond donors (Lipinski definition) is 0. The van der Waals surface area contributed by atoms with E-state index < -0.39 is 0 Å². The molecule has 0 fully saturated rings. The molecular weight excluding hydrogens is 689 g/mol. The van der Waals surface area contributed by atoms with Crippen molar-refractivity contribution in [1.82, 2.24) is 0 Å². The molecule has 3 aliphatic rings. The molecular formula is C55H40N2. The molecule has 0 aromatic heterocycles. The number of benzene rings is 8. The Morgan fingerprint density at radius 1 is 0.333 bits per heavy atom. The molecule has 11 rings (SSSR count). The van der Waals surface area contributed by atoms with Gasteiger partial charge in [0.15, 0.2) is 0 Å². The Kier molecular flexibility index (Phi) is 6.59. The highest BCUT2D eigenvalue weighted by atomic mass is 14.5. The first-order valence-corrected chi connectivity index (χ1v) is 20.0. The number of nitriles is 2. The van der Waals surface area contributed by atoms with E-state index in [1.54, 1.807) is 0 Å². The van der Waals surface area contributed by atoms with Crippen LogP contribution in [0.25, 0.3) is 77.2 Å². The SMILES string of the molecule is CC1(C)c2cc3c(cc2-c2cc4c(cc21)-c1c(cc(-c2ccc(C#N)cc2)c2ccccc12)C4(C)C)C(C)(C)c1cc(-c2ccc(C#N)cc2)c2ccccc2c1-3. The molecule has 8 aromatic rings. The van der Waals surface area contributed by atoms with Crippen LogP contribution in [0.3, 0.4) is 0 Å². The topological polar surface area (TPSA) is 47.6 Å². The lowest BCUT2D eigenvalue weighted by atomic mass is 9.78. The second-order valence-corrected chi connectivity index (χ2v) is 17.9. The van der Waals surface area contributed by atoms with Crippen LogP contribution in [0.1, 0.15) is 86.1 Å². The maximum absolute atomic E-state index is 9.49. The highest BCUT2D eigenvalue weighted by molar-refractivity contribution is 6.11. The van der Waals surface area contributed by atoms with Gasteiger partial charge in [0, 0.05) is 16.2 Å². The fourth-order valence-corrected chi connectivity index (χ4v) is 10.8. The summed E-state index contributed by atoms with van der Waals surface area (Å²) in [6, 6.07) is 53.3. The molecule has 3 aliphatic carbocycles.